The molecule has 2 aliphatic heterocycles. The van der Waals surface area contributed by atoms with Gasteiger partial charge in [-0.1, -0.05) is 0 Å². The van der Waals surface area contributed by atoms with Crippen molar-refractivity contribution in [2.75, 3.05) is 32.8 Å². The molecule has 4 nitrogen and oxygen atoms in total. The summed E-state index contributed by atoms with van der Waals surface area (Å²) in [5, 5.41) is 13.6. The number of rotatable bonds is 6. The van der Waals surface area contributed by atoms with Gasteiger partial charge in [-0.3, -0.25) is 4.90 Å². The highest BCUT2D eigenvalue weighted by atomic mass is 16.5. The number of β-amino-alcohol motifs (C(OH)–C–C–N with tert-alkyl or cyclic N) is 1. The Morgan fingerprint density at radius 1 is 1.32 bits per heavy atom. The van der Waals surface area contributed by atoms with Crippen LogP contribution < -0.4 is 5.32 Å². The average Bonchev–Trinajstić information content (AvgIpc) is 2.85. The van der Waals surface area contributed by atoms with E-state index < -0.39 is 0 Å². The van der Waals surface area contributed by atoms with Crippen LogP contribution in [0.15, 0.2) is 0 Å². The molecule has 0 saturated carbocycles. The van der Waals surface area contributed by atoms with E-state index in [1.54, 1.807) is 0 Å². The number of aliphatic hydroxyl groups is 1. The van der Waals surface area contributed by atoms with Crippen LogP contribution in [0.5, 0.6) is 0 Å². The van der Waals surface area contributed by atoms with E-state index in [1.807, 2.05) is 13.8 Å². The molecular weight excluding hydrogens is 240 g/mol. The molecule has 2 rings (SSSR count). The molecule has 2 saturated heterocycles. The minimum absolute atomic E-state index is 0.201. The van der Waals surface area contributed by atoms with Gasteiger partial charge in [0.15, 0.2) is 0 Å². The smallest absolute Gasteiger partial charge is 0.0900 e. The second-order valence-corrected chi connectivity index (χ2v) is 6.35. The third kappa shape index (κ3) is 4.71. The molecular formula is C15H30N2O2. The van der Waals surface area contributed by atoms with E-state index in [-0.39, 0.29) is 12.2 Å². The molecule has 0 bridgehead atoms. The topological polar surface area (TPSA) is 44.7 Å². The molecule has 2 heterocycles. The molecule has 2 N–H and O–H groups in total. The lowest BCUT2D eigenvalue weighted by molar-refractivity contribution is -0.0136. The first kappa shape index (κ1) is 15.2. The van der Waals surface area contributed by atoms with Crippen molar-refractivity contribution in [2.45, 2.75) is 57.8 Å². The molecule has 0 amide bonds. The first-order valence-corrected chi connectivity index (χ1v) is 7.91. The second-order valence-electron chi connectivity index (χ2n) is 6.35. The summed E-state index contributed by atoms with van der Waals surface area (Å²) >= 11 is 0. The van der Waals surface area contributed by atoms with Crippen LogP contribution >= 0.6 is 0 Å². The third-order valence-corrected chi connectivity index (χ3v) is 4.36. The van der Waals surface area contributed by atoms with Crippen molar-refractivity contribution in [1.29, 1.82) is 0 Å². The summed E-state index contributed by atoms with van der Waals surface area (Å²) in [6.07, 6.45) is 5.06. The fraction of sp³-hybridized carbons (Fsp3) is 1.00. The van der Waals surface area contributed by atoms with Gasteiger partial charge in [-0.15, -0.1) is 0 Å². The Labute approximate surface area is 117 Å². The van der Waals surface area contributed by atoms with Gasteiger partial charge in [-0.2, -0.15) is 0 Å². The normalized spacial score (nSPS) is 30.9. The fourth-order valence-corrected chi connectivity index (χ4v) is 3.45. The maximum Gasteiger partial charge on any atom is 0.0900 e. The van der Waals surface area contributed by atoms with Crippen LogP contribution in [0.25, 0.3) is 0 Å². The highest BCUT2D eigenvalue weighted by molar-refractivity contribution is 4.88. The number of hydrogen-bond donors (Lipinski definition) is 2. The van der Waals surface area contributed by atoms with Crippen LogP contribution in [0.3, 0.4) is 0 Å². The molecule has 3 unspecified atom stereocenters. The average molecular weight is 270 g/mol. The van der Waals surface area contributed by atoms with E-state index in [4.69, 9.17) is 4.74 Å². The summed E-state index contributed by atoms with van der Waals surface area (Å²) in [7, 11) is 0. The van der Waals surface area contributed by atoms with Crippen molar-refractivity contribution in [3.8, 4) is 0 Å². The Bertz CT molecular complexity index is 255. The zero-order valence-corrected chi connectivity index (χ0v) is 12.5. The molecule has 19 heavy (non-hydrogen) atoms. The molecule has 0 radical (unpaired) electrons. The standard InChI is InChI=1S/C15H30N2O2/c1-12(2)19-11-14(18)10-17-8-4-6-15(17)13-5-3-7-16-9-13/h12-16,18H,3-11H2,1-2H3. The minimum Gasteiger partial charge on any atom is -0.389 e. The summed E-state index contributed by atoms with van der Waals surface area (Å²) in [4.78, 5) is 2.49. The summed E-state index contributed by atoms with van der Waals surface area (Å²) in [6, 6.07) is 0.668. The van der Waals surface area contributed by atoms with Crippen LogP contribution in [0.4, 0.5) is 0 Å². The Kier molecular flexibility index (Phi) is 6.07. The lowest BCUT2D eigenvalue weighted by Crippen LogP contribution is -2.46. The summed E-state index contributed by atoms with van der Waals surface area (Å²) in [6.45, 7) is 8.73. The van der Waals surface area contributed by atoms with Crippen LogP contribution in [-0.4, -0.2) is 61.0 Å². The van der Waals surface area contributed by atoms with Gasteiger partial charge in [0, 0.05) is 12.6 Å². The van der Waals surface area contributed by atoms with E-state index in [0.717, 1.165) is 25.6 Å². The highest BCUT2D eigenvalue weighted by Crippen LogP contribution is 2.28. The van der Waals surface area contributed by atoms with Crippen LogP contribution in [0, 0.1) is 5.92 Å². The van der Waals surface area contributed by atoms with Crippen molar-refractivity contribution in [3.63, 3.8) is 0 Å². The number of ether oxygens (including phenoxy) is 1. The van der Waals surface area contributed by atoms with Crippen molar-refractivity contribution in [2.24, 2.45) is 5.92 Å². The zero-order chi connectivity index (χ0) is 13.7. The van der Waals surface area contributed by atoms with Crippen LogP contribution in [0.1, 0.15) is 39.5 Å². The Morgan fingerprint density at radius 3 is 2.84 bits per heavy atom. The van der Waals surface area contributed by atoms with E-state index >= 15 is 0 Å². The van der Waals surface area contributed by atoms with Crippen molar-refractivity contribution < 1.29 is 9.84 Å². The van der Waals surface area contributed by atoms with Gasteiger partial charge in [0.25, 0.3) is 0 Å². The van der Waals surface area contributed by atoms with Gasteiger partial charge in [-0.05, 0) is 65.1 Å². The fourth-order valence-electron chi connectivity index (χ4n) is 3.45. The van der Waals surface area contributed by atoms with Gasteiger partial charge in [0.1, 0.15) is 0 Å². The summed E-state index contributed by atoms with van der Waals surface area (Å²) in [5.74, 6) is 0.773. The zero-order valence-electron chi connectivity index (χ0n) is 12.5. The number of piperidine rings is 1. The van der Waals surface area contributed by atoms with Gasteiger partial charge in [0.2, 0.25) is 0 Å². The lowest BCUT2D eigenvalue weighted by atomic mass is 9.90. The monoisotopic (exact) mass is 270 g/mol. The summed E-state index contributed by atoms with van der Waals surface area (Å²) < 4.78 is 5.51. The van der Waals surface area contributed by atoms with Crippen LogP contribution in [0.2, 0.25) is 0 Å². The second kappa shape index (κ2) is 7.58. The molecule has 4 heteroatoms. The number of hydrogen-bond acceptors (Lipinski definition) is 4. The number of likely N-dealkylation sites (tertiary alicyclic amines) is 1. The molecule has 112 valence electrons. The molecule has 0 aromatic heterocycles. The summed E-state index contributed by atoms with van der Waals surface area (Å²) in [5.41, 5.74) is 0. The number of aliphatic hydroxyl groups excluding tert-OH is 1. The third-order valence-electron chi connectivity index (χ3n) is 4.36. The molecule has 2 fully saturated rings. The minimum atomic E-state index is -0.348. The predicted octanol–water partition coefficient (Wildman–Crippen LogP) is 1.24. The van der Waals surface area contributed by atoms with Crippen molar-refractivity contribution in [1.82, 2.24) is 10.2 Å². The van der Waals surface area contributed by atoms with Gasteiger partial charge in [0.05, 0.1) is 18.8 Å². The predicted molar refractivity (Wildman–Crippen MR) is 77.3 cm³/mol. The highest BCUT2D eigenvalue weighted by Gasteiger charge is 2.33. The van der Waals surface area contributed by atoms with E-state index in [2.05, 4.69) is 10.2 Å². The van der Waals surface area contributed by atoms with Crippen molar-refractivity contribution >= 4 is 0 Å². The molecule has 0 spiro atoms. The van der Waals surface area contributed by atoms with Crippen molar-refractivity contribution in [3.05, 3.63) is 0 Å². The van der Waals surface area contributed by atoms with Gasteiger partial charge < -0.3 is 15.2 Å². The van der Waals surface area contributed by atoms with E-state index in [9.17, 15) is 5.11 Å². The Hall–Kier alpha value is -0.160. The van der Waals surface area contributed by atoms with E-state index in [0.29, 0.717) is 12.6 Å². The van der Waals surface area contributed by atoms with E-state index in [1.165, 1.54) is 32.2 Å². The first-order valence-electron chi connectivity index (χ1n) is 7.91. The molecule has 2 aliphatic rings. The maximum atomic E-state index is 10.1. The van der Waals surface area contributed by atoms with Crippen LogP contribution in [-0.2, 0) is 4.74 Å². The molecule has 3 atom stereocenters. The quantitative estimate of drug-likeness (QED) is 0.762. The number of nitrogens with zero attached hydrogens (tertiary/aromatic N) is 1. The SMILES string of the molecule is CC(C)OCC(O)CN1CCCC1C1CCCNC1. The Morgan fingerprint density at radius 2 is 2.16 bits per heavy atom. The van der Waals surface area contributed by atoms with Gasteiger partial charge >= 0.3 is 0 Å². The Balaban J connectivity index is 1.77. The molecule has 0 aromatic rings. The maximum absolute atomic E-state index is 10.1. The lowest BCUT2D eigenvalue weighted by Gasteiger charge is -2.35. The molecule has 0 aromatic carbocycles. The first-order chi connectivity index (χ1) is 9.16. The number of nitrogens with one attached hydrogen (secondary N) is 1. The van der Waals surface area contributed by atoms with Gasteiger partial charge in [-0.25, -0.2) is 0 Å². The molecule has 0 aliphatic carbocycles. The largest absolute Gasteiger partial charge is 0.389 e.